The summed E-state index contributed by atoms with van der Waals surface area (Å²) < 4.78 is 36.7. The van der Waals surface area contributed by atoms with Gasteiger partial charge in [0.15, 0.2) is 4.34 Å². The van der Waals surface area contributed by atoms with Crippen molar-refractivity contribution < 1.29 is 22.8 Å². The number of hydrogen-bond donors (Lipinski definition) is 3. The lowest BCUT2D eigenvalue weighted by atomic mass is 10.1. The highest BCUT2D eigenvalue weighted by Crippen LogP contribution is 2.26. The number of benzene rings is 1. The van der Waals surface area contributed by atoms with Gasteiger partial charge in [0.25, 0.3) is 0 Å². The lowest BCUT2D eigenvalue weighted by molar-refractivity contribution is -0.117. The van der Waals surface area contributed by atoms with Crippen LogP contribution in [0.3, 0.4) is 0 Å². The van der Waals surface area contributed by atoms with Gasteiger partial charge in [-0.2, -0.15) is 13.2 Å². The molecule has 0 saturated heterocycles. The van der Waals surface area contributed by atoms with Gasteiger partial charge in [-0.05, 0) is 25.5 Å². The summed E-state index contributed by atoms with van der Waals surface area (Å²) in [5, 5.41) is 14.1. The van der Waals surface area contributed by atoms with Gasteiger partial charge in [-0.25, -0.2) is 4.79 Å². The number of rotatable bonds is 6. The zero-order chi connectivity index (χ0) is 20.0. The average molecular weight is 419 g/mol. The molecule has 1 aromatic heterocycles. The first-order valence-electron chi connectivity index (χ1n) is 7.57. The molecule has 12 heteroatoms. The van der Waals surface area contributed by atoms with Crippen molar-refractivity contribution in [3.63, 3.8) is 0 Å². The molecule has 0 unspecified atom stereocenters. The number of thioether (sulfide) groups is 1. The highest BCUT2D eigenvalue weighted by atomic mass is 32.2. The Morgan fingerprint density at radius 1 is 1.22 bits per heavy atom. The van der Waals surface area contributed by atoms with Crippen LogP contribution in [0, 0.1) is 13.8 Å². The Morgan fingerprint density at radius 2 is 1.96 bits per heavy atom. The number of carbonyl (C=O) groups is 2. The molecular formula is C15H16F3N5O2S2. The Labute approximate surface area is 161 Å². The molecule has 0 spiro atoms. The Morgan fingerprint density at radius 3 is 2.63 bits per heavy atom. The maximum absolute atomic E-state index is 12.1. The third-order valence-corrected chi connectivity index (χ3v) is 5.07. The first kappa shape index (κ1) is 21.0. The van der Waals surface area contributed by atoms with Crippen molar-refractivity contribution in [2.45, 2.75) is 24.4 Å². The van der Waals surface area contributed by atoms with Crippen LogP contribution >= 0.6 is 23.1 Å². The van der Waals surface area contributed by atoms with E-state index < -0.39 is 24.7 Å². The smallest absolute Gasteiger partial charge is 0.351 e. The largest absolute Gasteiger partial charge is 0.405 e. The Hall–Kier alpha value is -2.34. The number of imide groups is 1. The number of urea groups is 1. The van der Waals surface area contributed by atoms with Gasteiger partial charge < -0.3 is 10.6 Å². The zero-order valence-electron chi connectivity index (χ0n) is 14.3. The number of aryl methyl sites for hydroxylation is 2. The highest BCUT2D eigenvalue weighted by Gasteiger charge is 2.27. The molecule has 1 heterocycles. The monoisotopic (exact) mass is 419 g/mol. The van der Waals surface area contributed by atoms with Crippen LogP contribution in [0.2, 0.25) is 0 Å². The fourth-order valence-electron chi connectivity index (χ4n) is 1.91. The minimum atomic E-state index is -4.36. The van der Waals surface area contributed by atoms with Gasteiger partial charge in [-0.1, -0.05) is 40.8 Å². The predicted octanol–water partition coefficient (Wildman–Crippen LogP) is 3.57. The molecule has 0 saturated carbocycles. The minimum Gasteiger partial charge on any atom is -0.351 e. The number of nitrogens with zero attached hydrogens (tertiary/aromatic N) is 2. The van der Waals surface area contributed by atoms with E-state index in [2.05, 4.69) is 26.1 Å². The van der Waals surface area contributed by atoms with Crippen molar-refractivity contribution in [3.8, 4) is 0 Å². The first-order valence-corrected chi connectivity index (χ1v) is 9.37. The quantitative estimate of drug-likeness (QED) is 0.620. The Kier molecular flexibility index (Phi) is 7.02. The van der Waals surface area contributed by atoms with Crippen molar-refractivity contribution in [2.75, 3.05) is 22.9 Å². The zero-order valence-corrected chi connectivity index (χ0v) is 15.9. The van der Waals surface area contributed by atoms with Crippen LogP contribution in [0.4, 0.5) is 28.8 Å². The van der Waals surface area contributed by atoms with Crippen molar-refractivity contribution in [3.05, 3.63) is 29.3 Å². The fourth-order valence-corrected chi connectivity index (χ4v) is 3.46. The van der Waals surface area contributed by atoms with Crippen LogP contribution in [0.25, 0.3) is 0 Å². The van der Waals surface area contributed by atoms with Gasteiger partial charge in [0.05, 0.1) is 5.75 Å². The lowest BCUT2D eigenvalue weighted by Crippen LogP contribution is -2.35. The summed E-state index contributed by atoms with van der Waals surface area (Å²) in [7, 11) is 0. The maximum Gasteiger partial charge on any atom is 0.405 e. The number of anilines is 2. The molecule has 0 aliphatic carbocycles. The van der Waals surface area contributed by atoms with Crippen molar-refractivity contribution in [1.29, 1.82) is 0 Å². The average Bonchev–Trinajstić information content (AvgIpc) is 3.01. The van der Waals surface area contributed by atoms with Crippen LogP contribution in [-0.2, 0) is 4.79 Å². The van der Waals surface area contributed by atoms with E-state index in [-0.39, 0.29) is 10.9 Å². The molecule has 2 aromatic rings. The predicted molar refractivity (Wildman–Crippen MR) is 98.3 cm³/mol. The molecule has 7 nitrogen and oxygen atoms in total. The third kappa shape index (κ3) is 7.43. The summed E-state index contributed by atoms with van der Waals surface area (Å²) in [5.74, 6) is -0.698. The number of alkyl halides is 3. The number of aromatic nitrogens is 2. The fraction of sp³-hybridized carbons (Fsp3) is 0.333. The molecule has 146 valence electrons. The summed E-state index contributed by atoms with van der Waals surface area (Å²) >= 11 is 1.86. The van der Waals surface area contributed by atoms with Gasteiger partial charge in [-0.3, -0.25) is 10.1 Å². The van der Waals surface area contributed by atoms with E-state index in [1.54, 1.807) is 6.07 Å². The van der Waals surface area contributed by atoms with Gasteiger partial charge in [0, 0.05) is 5.69 Å². The van der Waals surface area contributed by atoms with Crippen molar-refractivity contribution in [2.24, 2.45) is 0 Å². The van der Waals surface area contributed by atoms with Crippen molar-refractivity contribution in [1.82, 2.24) is 15.5 Å². The van der Waals surface area contributed by atoms with E-state index in [9.17, 15) is 22.8 Å². The van der Waals surface area contributed by atoms with Gasteiger partial charge in [-0.15, -0.1) is 10.2 Å². The van der Waals surface area contributed by atoms with Gasteiger partial charge in [0.2, 0.25) is 11.0 Å². The summed E-state index contributed by atoms with van der Waals surface area (Å²) in [5.41, 5.74) is 2.50. The minimum absolute atomic E-state index is 0.00261. The molecule has 0 fully saturated rings. The van der Waals surface area contributed by atoms with E-state index in [0.29, 0.717) is 10.0 Å². The Bertz CT molecular complexity index is 826. The molecule has 0 radical (unpaired) electrons. The molecule has 0 aliphatic rings. The molecule has 0 aliphatic heterocycles. The summed E-state index contributed by atoms with van der Waals surface area (Å²) in [6.45, 7) is 2.54. The molecule has 1 aromatic carbocycles. The van der Waals surface area contributed by atoms with Crippen LogP contribution < -0.4 is 16.0 Å². The highest BCUT2D eigenvalue weighted by molar-refractivity contribution is 8.01. The number of carbonyl (C=O) groups excluding carboxylic acids is 2. The van der Waals surface area contributed by atoms with Crippen LogP contribution in [0.15, 0.2) is 22.5 Å². The second-order valence-electron chi connectivity index (χ2n) is 5.45. The normalized spacial score (nSPS) is 11.1. The molecule has 3 amide bonds. The topological polar surface area (TPSA) is 96.0 Å². The molecule has 2 rings (SSSR count). The second-order valence-corrected chi connectivity index (χ2v) is 7.65. The van der Waals surface area contributed by atoms with Crippen LogP contribution in [-0.4, -0.2) is 40.6 Å². The number of halogens is 3. The van der Waals surface area contributed by atoms with E-state index >= 15 is 0 Å². The molecule has 3 N–H and O–H groups in total. The van der Waals surface area contributed by atoms with E-state index in [1.807, 2.05) is 26.0 Å². The van der Waals surface area contributed by atoms with Crippen molar-refractivity contribution >= 4 is 45.9 Å². The van der Waals surface area contributed by atoms with Gasteiger partial charge in [0.1, 0.15) is 6.54 Å². The summed E-state index contributed by atoms with van der Waals surface area (Å²) in [6.07, 6.45) is -4.36. The second kappa shape index (κ2) is 9.04. The Balaban J connectivity index is 1.77. The standard InChI is InChI=1S/C15H16F3N5O2S2/c1-8-3-4-10(9(2)5-8)20-12(25)21-11(24)6-26-14-23-22-13(27-14)19-7-15(16,17)18/h3-5H,6-7H2,1-2H3,(H,19,22)(H2,20,21,24,25). The van der Waals surface area contributed by atoms with Crippen LogP contribution in [0.1, 0.15) is 11.1 Å². The first-order chi connectivity index (χ1) is 12.6. The van der Waals surface area contributed by atoms with E-state index in [4.69, 9.17) is 0 Å². The van der Waals surface area contributed by atoms with E-state index in [1.165, 1.54) is 0 Å². The number of amides is 3. The number of hydrogen-bond acceptors (Lipinski definition) is 7. The van der Waals surface area contributed by atoms with Gasteiger partial charge >= 0.3 is 12.2 Å². The van der Waals surface area contributed by atoms with E-state index in [0.717, 1.165) is 34.2 Å². The molecule has 0 atom stereocenters. The number of nitrogens with one attached hydrogen (secondary N) is 3. The SMILES string of the molecule is Cc1ccc(NC(=O)NC(=O)CSc2nnc(NCC(F)(F)F)s2)c(C)c1. The third-order valence-electron chi connectivity index (χ3n) is 3.06. The molecule has 0 bridgehead atoms. The molecular weight excluding hydrogens is 403 g/mol. The lowest BCUT2D eigenvalue weighted by Gasteiger charge is -2.09. The summed E-state index contributed by atoms with van der Waals surface area (Å²) in [4.78, 5) is 23.7. The maximum atomic E-state index is 12.1. The molecule has 27 heavy (non-hydrogen) atoms. The van der Waals surface area contributed by atoms with Crippen LogP contribution in [0.5, 0.6) is 0 Å². The summed E-state index contributed by atoms with van der Waals surface area (Å²) in [6, 6.07) is 4.80.